The molecule has 0 saturated carbocycles. The van der Waals surface area contributed by atoms with Crippen LogP contribution in [0.5, 0.6) is 0 Å². The fourth-order valence-electron chi connectivity index (χ4n) is 0. The van der Waals surface area contributed by atoms with Gasteiger partial charge in [-0.1, -0.05) is 0 Å². The van der Waals surface area contributed by atoms with Crippen LogP contribution in [-0.2, 0) is 17.1 Å². The first-order chi connectivity index (χ1) is 0. The van der Waals surface area contributed by atoms with Crippen molar-refractivity contribution in [2.45, 2.75) is 0 Å². The van der Waals surface area contributed by atoms with Crippen LogP contribution in [0.1, 0.15) is 2.85 Å². The molecule has 0 fully saturated rings. The molecule has 0 saturated heterocycles. The smallest absolute Gasteiger partial charge is 1.00 e. The van der Waals surface area contributed by atoms with Crippen LogP contribution in [0.25, 0.3) is 0 Å². The van der Waals surface area contributed by atoms with Gasteiger partial charge in [0.05, 0.1) is 0 Å². The monoisotopic (exact) mass is 299 g/mol. The average molecular weight is 301 g/mol. The molecule has 0 rings (SSSR count). The van der Waals surface area contributed by atoms with Crippen LogP contribution in [0.2, 0.25) is 0 Å². The summed E-state index contributed by atoms with van der Waals surface area (Å²) in [6.45, 7) is 0. The Morgan fingerprint density at radius 2 is 1.25 bits per heavy atom. The Balaban J connectivity index is 0. The van der Waals surface area contributed by atoms with Gasteiger partial charge in [-0.2, -0.15) is 0 Å². The third-order valence-electron chi connectivity index (χ3n) is 0. The summed E-state index contributed by atoms with van der Waals surface area (Å²) in [5.74, 6) is 0. The molecule has 0 aromatic carbocycles. The van der Waals surface area contributed by atoms with Crippen LogP contribution >= 0.6 is 0 Å². The van der Waals surface area contributed by atoms with Crippen molar-refractivity contribution < 1.29 is 60.8 Å². The first-order valence-corrected chi connectivity index (χ1v) is 0. The van der Waals surface area contributed by atoms with Gasteiger partial charge in [-0.25, -0.2) is 0 Å². The summed E-state index contributed by atoms with van der Waals surface area (Å²) in [4.78, 5) is 0. The van der Waals surface area contributed by atoms with Crippen molar-refractivity contribution in [2.24, 2.45) is 0 Å². The fourth-order valence-corrected chi connectivity index (χ4v) is 0. The molecule has 0 atom stereocenters. The molecular formula is H2BFeNdSr. The second-order valence-corrected chi connectivity index (χ2v) is 0. The second kappa shape index (κ2) is 16.1. The largest absolute Gasteiger partial charge is 2.00 e. The van der Waals surface area contributed by atoms with Gasteiger partial charge in [0.15, 0.2) is 0 Å². The standard InChI is InChI=1S/B.Fe.Nd.Sr.2H/q;;;+2;2*-1. The van der Waals surface area contributed by atoms with Gasteiger partial charge in [0, 0.05) is 66.3 Å². The van der Waals surface area contributed by atoms with Gasteiger partial charge < -0.3 is 2.85 Å². The quantitative estimate of drug-likeness (QED) is 0.527. The van der Waals surface area contributed by atoms with Crippen molar-refractivity contribution in [3.05, 3.63) is 0 Å². The molecule has 0 aliphatic rings. The van der Waals surface area contributed by atoms with Crippen LogP contribution in [0, 0.1) is 40.8 Å². The molecule has 0 aliphatic heterocycles. The van der Waals surface area contributed by atoms with Crippen LogP contribution in [0.3, 0.4) is 0 Å². The minimum absolute atomic E-state index is 0. The minimum atomic E-state index is 0. The molecule has 0 heterocycles. The molecule has 4 heteroatoms. The van der Waals surface area contributed by atoms with E-state index in [9.17, 15) is 0 Å². The Bertz CT molecular complexity index is 13.5. The Labute approximate surface area is 112 Å². The van der Waals surface area contributed by atoms with Gasteiger partial charge in [-0.15, -0.1) is 0 Å². The third kappa shape index (κ3) is 9.05. The molecule has 4 heavy (non-hydrogen) atoms. The summed E-state index contributed by atoms with van der Waals surface area (Å²) < 4.78 is 0. The summed E-state index contributed by atoms with van der Waals surface area (Å²) in [5, 5.41) is 0. The molecule has 0 unspecified atom stereocenters. The summed E-state index contributed by atoms with van der Waals surface area (Å²) >= 11 is 0. The van der Waals surface area contributed by atoms with E-state index in [1.165, 1.54) is 0 Å². The number of hydrogen-bond donors (Lipinski definition) is 0. The molecule has 19 valence electrons. The van der Waals surface area contributed by atoms with E-state index in [-0.39, 0.29) is 115 Å². The van der Waals surface area contributed by atoms with Crippen molar-refractivity contribution in [3.63, 3.8) is 0 Å². The zero-order chi connectivity index (χ0) is 0. The van der Waals surface area contributed by atoms with E-state index in [1.807, 2.05) is 0 Å². The first-order valence-electron chi connectivity index (χ1n) is 0. The SMILES string of the molecule is [B].[Fe].[H-].[H-].[Nd].[Sr+2]. The van der Waals surface area contributed by atoms with Gasteiger partial charge >= 0.3 is 45.5 Å². The van der Waals surface area contributed by atoms with Crippen LogP contribution in [0.4, 0.5) is 0 Å². The van der Waals surface area contributed by atoms with Gasteiger partial charge in [0.25, 0.3) is 0 Å². The molecule has 3 radical (unpaired) electrons. The van der Waals surface area contributed by atoms with Crippen LogP contribution in [0.15, 0.2) is 0 Å². The van der Waals surface area contributed by atoms with Crippen molar-refractivity contribution in [2.75, 3.05) is 0 Å². The van der Waals surface area contributed by atoms with E-state index in [2.05, 4.69) is 0 Å². The Hall–Kier alpha value is 3.42. The summed E-state index contributed by atoms with van der Waals surface area (Å²) in [6.07, 6.45) is 0. The van der Waals surface area contributed by atoms with E-state index in [1.54, 1.807) is 0 Å². The predicted molar refractivity (Wildman–Crippen MR) is 13.7 cm³/mol. The Kier molecular flexibility index (Phi) is 105. The number of hydrogen-bond acceptors (Lipinski definition) is 0. The zero-order valence-corrected chi connectivity index (χ0v) is 9.93. The summed E-state index contributed by atoms with van der Waals surface area (Å²) in [6, 6.07) is 0. The van der Waals surface area contributed by atoms with E-state index < -0.39 is 0 Å². The maximum atomic E-state index is 0. The first kappa shape index (κ1) is 26.2. The van der Waals surface area contributed by atoms with Gasteiger partial charge in [0.1, 0.15) is 0 Å². The Morgan fingerprint density at radius 1 is 1.25 bits per heavy atom. The van der Waals surface area contributed by atoms with Crippen LogP contribution < -0.4 is 0 Å². The molecule has 0 N–H and O–H groups in total. The molecule has 0 amide bonds. The van der Waals surface area contributed by atoms with E-state index >= 15 is 0 Å². The fraction of sp³-hybridized carbons (Fsp3) is 0. The topological polar surface area (TPSA) is 0 Å². The van der Waals surface area contributed by atoms with Crippen molar-refractivity contribution in [1.82, 2.24) is 0 Å². The summed E-state index contributed by atoms with van der Waals surface area (Å²) in [7, 11) is 0. The third-order valence-corrected chi connectivity index (χ3v) is 0. The maximum absolute atomic E-state index is 0. The van der Waals surface area contributed by atoms with Crippen molar-refractivity contribution in [3.8, 4) is 0 Å². The van der Waals surface area contributed by atoms with Gasteiger partial charge in [-0.3, -0.25) is 0 Å². The predicted octanol–water partition coefficient (Wildman–Crippen LogP) is -0.539. The van der Waals surface area contributed by atoms with E-state index in [0.29, 0.717) is 0 Å². The molecule has 0 bridgehead atoms. The molecule has 0 aromatic rings. The van der Waals surface area contributed by atoms with E-state index in [0.717, 1.165) is 0 Å². The maximum Gasteiger partial charge on any atom is 2.00 e. The van der Waals surface area contributed by atoms with Gasteiger partial charge in [0.2, 0.25) is 0 Å². The van der Waals surface area contributed by atoms with Gasteiger partial charge in [-0.05, 0) is 0 Å². The molecule has 0 nitrogen and oxygen atoms in total. The molecular weight excluding hydrogens is 299 g/mol. The average Bonchev–Trinajstić information content (AvgIpc) is 0. The zero-order valence-electron chi connectivity index (χ0n) is 4.14. The molecule has 0 spiro atoms. The molecule has 0 aromatic heterocycles. The number of rotatable bonds is 0. The second-order valence-electron chi connectivity index (χ2n) is 0. The van der Waals surface area contributed by atoms with E-state index in [4.69, 9.17) is 0 Å². The normalized spacial score (nSPS) is 0. The summed E-state index contributed by atoms with van der Waals surface area (Å²) in [5.41, 5.74) is 0. The van der Waals surface area contributed by atoms with Crippen molar-refractivity contribution >= 4 is 53.9 Å². The molecule has 0 aliphatic carbocycles. The van der Waals surface area contributed by atoms with Crippen molar-refractivity contribution in [1.29, 1.82) is 0 Å². The Morgan fingerprint density at radius 3 is 1.25 bits per heavy atom. The van der Waals surface area contributed by atoms with Crippen LogP contribution in [-0.4, -0.2) is 53.9 Å². The minimum Gasteiger partial charge on any atom is -1.00 e.